The van der Waals surface area contributed by atoms with Gasteiger partial charge in [-0.25, -0.2) is 4.79 Å². The zero-order valence-electron chi connectivity index (χ0n) is 18.5. The van der Waals surface area contributed by atoms with E-state index >= 15 is 0 Å². The molecule has 1 aliphatic heterocycles. The van der Waals surface area contributed by atoms with Crippen LogP contribution in [-0.4, -0.2) is 75.9 Å². The third-order valence-corrected chi connectivity index (χ3v) is 5.11. The first-order valence-corrected chi connectivity index (χ1v) is 11.1. The maximum absolute atomic E-state index is 12.5. The van der Waals surface area contributed by atoms with Crippen LogP contribution in [0.15, 0.2) is 12.2 Å². The third kappa shape index (κ3) is 10.9. The number of carboxylic acid groups (broad SMARTS) is 1. The molecule has 0 spiro atoms. The lowest BCUT2D eigenvalue weighted by Crippen LogP contribution is -2.51. The molecule has 6 N–H and O–H groups in total. The molecule has 13 nitrogen and oxygen atoms in total. The second-order valence-corrected chi connectivity index (χ2v) is 7.96. The summed E-state index contributed by atoms with van der Waals surface area (Å²) in [6.45, 7) is 0.388. The lowest BCUT2D eigenvalue weighted by atomic mass is 10.1. The van der Waals surface area contributed by atoms with E-state index in [0.717, 1.165) is 4.90 Å². The standard InChI is InChI=1S/C20H29N5O8S/c21-20(33)22-9-4-5-12(19(32)34)24-18(31)13(11-17(29)30)23-14(26)6-2-1-3-10-25-15(27)7-8-16(25)28/h7-8,12-13H,1-6,9-11H2,(H,23,26)(H,24,31)(H,29,30)(H,32,34)(H3,21,22,33)/t12-,13-/m0/s1. The number of aliphatic carboxylic acids is 1. The Morgan fingerprint density at radius 2 is 1.62 bits per heavy atom. The molecule has 0 saturated carbocycles. The van der Waals surface area contributed by atoms with Gasteiger partial charge in [0.05, 0.1) is 12.5 Å². The summed E-state index contributed by atoms with van der Waals surface area (Å²) < 4.78 is 0. The number of rotatable bonds is 16. The van der Waals surface area contributed by atoms with Gasteiger partial charge >= 0.3 is 12.0 Å². The number of thiol groups is 1. The van der Waals surface area contributed by atoms with Gasteiger partial charge in [0.2, 0.25) is 16.9 Å². The second kappa shape index (κ2) is 14.7. The van der Waals surface area contributed by atoms with Crippen molar-refractivity contribution >= 4 is 53.4 Å². The number of carbonyl (C=O) groups is 7. The number of carboxylic acids is 1. The molecule has 1 rings (SSSR count). The zero-order valence-corrected chi connectivity index (χ0v) is 19.3. The predicted molar refractivity (Wildman–Crippen MR) is 121 cm³/mol. The lowest BCUT2D eigenvalue weighted by Gasteiger charge is -2.21. The molecule has 188 valence electrons. The van der Waals surface area contributed by atoms with Crippen LogP contribution in [0.2, 0.25) is 0 Å². The van der Waals surface area contributed by atoms with E-state index in [4.69, 9.17) is 10.8 Å². The van der Waals surface area contributed by atoms with Crippen LogP contribution in [0.3, 0.4) is 0 Å². The highest BCUT2D eigenvalue weighted by Crippen LogP contribution is 2.08. The SMILES string of the molecule is NC(=O)NCCC[C@H](NC(=O)[C@H](CC(=O)O)NC(=O)CCCCCN1C(=O)C=CC1=O)C(=O)S. The number of primary amides is 1. The quantitative estimate of drug-likeness (QED) is 0.0864. The highest BCUT2D eigenvalue weighted by molar-refractivity contribution is 7.96. The number of hydrogen-bond acceptors (Lipinski definition) is 7. The van der Waals surface area contributed by atoms with Crippen LogP contribution in [0.5, 0.6) is 0 Å². The van der Waals surface area contributed by atoms with E-state index < -0.39 is 47.4 Å². The molecule has 0 saturated heterocycles. The average molecular weight is 500 g/mol. The molecule has 0 fully saturated rings. The van der Waals surface area contributed by atoms with Crippen LogP contribution >= 0.6 is 12.6 Å². The molecule has 6 amide bonds. The molecule has 0 aromatic carbocycles. The minimum absolute atomic E-state index is 0.00272. The number of nitrogens with zero attached hydrogens (tertiary/aromatic N) is 1. The Morgan fingerprint density at radius 3 is 2.18 bits per heavy atom. The summed E-state index contributed by atoms with van der Waals surface area (Å²) >= 11 is 3.71. The van der Waals surface area contributed by atoms with Crippen molar-refractivity contribution in [3.8, 4) is 0 Å². The van der Waals surface area contributed by atoms with Gasteiger partial charge in [0, 0.05) is 31.7 Å². The second-order valence-electron chi connectivity index (χ2n) is 7.52. The molecular weight excluding hydrogens is 470 g/mol. The fourth-order valence-electron chi connectivity index (χ4n) is 3.08. The molecule has 34 heavy (non-hydrogen) atoms. The van der Waals surface area contributed by atoms with Crippen molar-refractivity contribution < 1.29 is 38.7 Å². The zero-order chi connectivity index (χ0) is 25.7. The summed E-state index contributed by atoms with van der Waals surface area (Å²) in [4.78, 5) is 82.3. The number of amides is 6. The van der Waals surface area contributed by atoms with E-state index in [0.29, 0.717) is 25.7 Å². The number of nitrogens with one attached hydrogen (secondary N) is 3. The number of carbonyl (C=O) groups excluding carboxylic acids is 6. The maximum atomic E-state index is 12.5. The summed E-state index contributed by atoms with van der Waals surface area (Å²) in [5, 5.41) is 15.5. The number of unbranched alkanes of at least 4 members (excludes halogenated alkanes) is 2. The van der Waals surface area contributed by atoms with E-state index in [1.807, 2.05) is 0 Å². The molecule has 1 heterocycles. The van der Waals surface area contributed by atoms with Crippen molar-refractivity contribution in [3.05, 3.63) is 12.2 Å². The first-order chi connectivity index (χ1) is 16.0. The van der Waals surface area contributed by atoms with Crippen LogP contribution in [0.4, 0.5) is 4.79 Å². The van der Waals surface area contributed by atoms with Gasteiger partial charge < -0.3 is 26.8 Å². The van der Waals surface area contributed by atoms with Crippen molar-refractivity contribution in [1.29, 1.82) is 0 Å². The summed E-state index contributed by atoms with van der Waals surface area (Å²) in [5.74, 6) is -3.51. The first kappa shape index (κ1) is 28.6. The summed E-state index contributed by atoms with van der Waals surface area (Å²) in [6.07, 6.45) is 3.48. The van der Waals surface area contributed by atoms with Crippen molar-refractivity contribution in [1.82, 2.24) is 20.9 Å². The number of urea groups is 1. The number of nitrogens with two attached hydrogens (primary N) is 1. The van der Waals surface area contributed by atoms with Gasteiger partial charge in [0.15, 0.2) is 0 Å². The largest absolute Gasteiger partial charge is 0.481 e. The molecule has 0 aliphatic carbocycles. The van der Waals surface area contributed by atoms with Gasteiger partial charge in [-0.15, -0.1) is 12.6 Å². The van der Waals surface area contributed by atoms with E-state index in [9.17, 15) is 33.6 Å². The minimum Gasteiger partial charge on any atom is -0.481 e. The monoisotopic (exact) mass is 499 g/mol. The Balaban J connectivity index is 2.48. The van der Waals surface area contributed by atoms with Crippen molar-refractivity contribution in [2.24, 2.45) is 5.73 Å². The molecule has 0 bridgehead atoms. The smallest absolute Gasteiger partial charge is 0.312 e. The van der Waals surface area contributed by atoms with Crippen LogP contribution in [0.1, 0.15) is 44.9 Å². The van der Waals surface area contributed by atoms with Gasteiger partial charge in [-0.05, 0) is 25.7 Å². The Hall–Kier alpha value is -3.42. The molecule has 2 atom stereocenters. The van der Waals surface area contributed by atoms with Crippen LogP contribution < -0.4 is 21.7 Å². The van der Waals surface area contributed by atoms with Gasteiger partial charge in [-0.2, -0.15) is 0 Å². The number of hydrogen-bond donors (Lipinski definition) is 6. The van der Waals surface area contributed by atoms with E-state index in [1.165, 1.54) is 12.2 Å². The van der Waals surface area contributed by atoms with Gasteiger partial charge in [0.1, 0.15) is 6.04 Å². The summed E-state index contributed by atoms with van der Waals surface area (Å²) in [5.41, 5.74) is 4.94. The molecule has 14 heteroatoms. The highest BCUT2D eigenvalue weighted by atomic mass is 32.1. The Labute approximate surface area is 201 Å². The topological polar surface area (TPSA) is 205 Å². The Bertz CT molecular complexity index is 829. The minimum atomic E-state index is -1.41. The van der Waals surface area contributed by atoms with Crippen molar-refractivity contribution in [2.75, 3.05) is 13.1 Å². The molecule has 0 unspecified atom stereocenters. The van der Waals surface area contributed by atoms with Crippen molar-refractivity contribution in [3.63, 3.8) is 0 Å². The lowest BCUT2D eigenvalue weighted by molar-refractivity contribution is -0.141. The van der Waals surface area contributed by atoms with E-state index in [2.05, 4.69) is 28.6 Å². The Morgan fingerprint density at radius 1 is 0.971 bits per heavy atom. The normalized spacial score (nSPS) is 14.4. The van der Waals surface area contributed by atoms with Gasteiger partial charge in [-0.1, -0.05) is 6.42 Å². The van der Waals surface area contributed by atoms with Crippen LogP contribution in [0, 0.1) is 0 Å². The first-order valence-electron chi connectivity index (χ1n) is 10.6. The molecule has 0 aromatic heterocycles. The van der Waals surface area contributed by atoms with Crippen molar-refractivity contribution in [2.45, 2.75) is 57.0 Å². The van der Waals surface area contributed by atoms with Gasteiger partial charge in [0.25, 0.3) is 11.8 Å². The molecule has 0 radical (unpaired) electrons. The van der Waals surface area contributed by atoms with E-state index in [1.54, 1.807) is 0 Å². The molecule has 1 aliphatic rings. The van der Waals surface area contributed by atoms with Crippen LogP contribution in [-0.2, 0) is 28.8 Å². The summed E-state index contributed by atoms with van der Waals surface area (Å²) in [7, 11) is 0. The highest BCUT2D eigenvalue weighted by Gasteiger charge is 2.27. The van der Waals surface area contributed by atoms with Gasteiger partial charge in [-0.3, -0.25) is 33.7 Å². The maximum Gasteiger partial charge on any atom is 0.312 e. The third-order valence-electron chi connectivity index (χ3n) is 4.80. The average Bonchev–Trinajstić information content (AvgIpc) is 3.06. The fraction of sp³-hybridized carbons (Fsp3) is 0.550. The number of imide groups is 1. The fourth-order valence-corrected chi connectivity index (χ4v) is 3.28. The molecule has 0 aromatic rings. The Kier molecular flexibility index (Phi) is 12.3. The molecular formula is C20H29N5O8S. The summed E-state index contributed by atoms with van der Waals surface area (Å²) in [6, 6.07) is -3.20. The van der Waals surface area contributed by atoms with E-state index in [-0.39, 0.29) is 37.7 Å². The predicted octanol–water partition coefficient (Wildman–Crippen LogP) is -1.18. The van der Waals surface area contributed by atoms with Crippen LogP contribution in [0.25, 0.3) is 0 Å².